The summed E-state index contributed by atoms with van der Waals surface area (Å²) in [7, 11) is 0. The molecule has 0 unspecified atom stereocenters. The van der Waals surface area contributed by atoms with Gasteiger partial charge in [-0.05, 0) is 55.4 Å². The molecule has 38 heavy (non-hydrogen) atoms. The molecular weight excluding hydrogens is 480 g/mol. The lowest BCUT2D eigenvalue weighted by atomic mass is 10.1. The molecule has 0 bridgehead atoms. The zero-order valence-electron chi connectivity index (χ0n) is 21.3. The molecule has 2 aliphatic heterocycles. The van der Waals surface area contributed by atoms with Crippen molar-refractivity contribution in [3.8, 4) is 0 Å². The van der Waals surface area contributed by atoms with Crippen LogP contribution in [0.4, 0.5) is 11.4 Å². The molecule has 3 aromatic rings. The van der Waals surface area contributed by atoms with Gasteiger partial charge in [-0.3, -0.25) is 19.4 Å². The number of pyridine rings is 1. The monoisotopic (exact) mass is 512 g/mol. The van der Waals surface area contributed by atoms with Gasteiger partial charge in [-0.2, -0.15) is 0 Å². The van der Waals surface area contributed by atoms with Gasteiger partial charge in [0.25, 0.3) is 17.7 Å². The molecule has 1 aromatic heterocycles. The third-order valence-electron chi connectivity index (χ3n) is 6.99. The Morgan fingerprint density at radius 2 is 1.42 bits per heavy atom. The van der Waals surface area contributed by atoms with Gasteiger partial charge < -0.3 is 25.3 Å². The fraction of sp³-hybridized carbons (Fsp3) is 0.310. The highest BCUT2D eigenvalue weighted by Gasteiger charge is 2.25. The van der Waals surface area contributed by atoms with Gasteiger partial charge in [-0.15, -0.1) is 0 Å². The first-order valence-corrected chi connectivity index (χ1v) is 13.0. The van der Waals surface area contributed by atoms with Crippen LogP contribution < -0.4 is 15.5 Å². The number of aromatic nitrogens is 1. The fourth-order valence-corrected chi connectivity index (χ4v) is 4.89. The summed E-state index contributed by atoms with van der Waals surface area (Å²) in [6.07, 6.45) is 4.15. The molecular formula is C29H32N6O3. The van der Waals surface area contributed by atoms with Gasteiger partial charge in [0.05, 0.1) is 11.4 Å². The van der Waals surface area contributed by atoms with Crippen LogP contribution in [0, 0.1) is 0 Å². The van der Waals surface area contributed by atoms with E-state index >= 15 is 0 Å². The Balaban J connectivity index is 1.36. The molecule has 9 nitrogen and oxygen atoms in total. The molecule has 0 saturated carbocycles. The lowest BCUT2D eigenvalue weighted by Crippen LogP contribution is -2.49. The minimum Gasteiger partial charge on any atom is -0.366 e. The molecule has 196 valence electrons. The van der Waals surface area contributed by atoms with Crippen molar-refractivity contribution in [3.05, 3.63) is 89.7 Å². The molecule has 2 N–H and O–H groups in total. The van der Waals surface area contributed by atoms with E-state index in [1.165, 1.54) is 0 Å². The van der Waals surface area contributed by atoms with Gasteiger partial charge in [0, 0.05) is 74.9 Å². The number of piperazine rings is 1. The van der Waals surface area contributed by atoms with E-state index in [1.54, 1.807) is 42.7 Å². The van der Waals surface area contributed by atoms with Crippen molar-refractivity contribution in [2.24, 2.45) is 0 Å². The van der Waals surface area contributed by atoms with E-state index in [0.29, 0.717) is 61.6 Å². The summed E-state index contributed by atoms with van der Waals surface area (Å²) >= 11 is 0. The van der Waals surface area contributed by atoms with Crippen LogP contribution in [0.2, 0.25) is 0 Å². The highest BCUT2D eigenvalue weighted by Crippen LogP contribution is 2.30. The predicted octanol–water partition coefficient (Wildman–Crippen LogP) is 2.73. The number of rotatable bonds is 5. The van der Waals surface area contributed by atoms with Gasteiger partial charge >= 0.3 is 0 Å². The standard InChI is InChI=1S/C29H32N6O3/c36-27(22-5-2-1-3-6-22)32-25-21-24(29(38)34-15-4-11-30-14-16-34)7-8-26(25)33-17-19-35(20-18-33)28(37)23-9-12-31-13-10-23/h1-3,5-10,12-13,21,30H,4,11,14-20H2,(H,32,36). The van der Waals surface area contributed by atoms with Crippen LogP contribution in [-0.2, 0) is 0 Å². The number of carbonyl (C=O) groups excluding carboxylic acids is 3. The first-order chi connectivity index (χ1) is 18.6. The van der Waals surface area contributed by atoms with Crippen molar-refractivity contribution in [1.82, 2.24) is 20.1 Å². The smallest absolute Gasteiger partial charge is 0.255 e. The second-order valence-electron chi connectivity index (χ2n) is 9.46. The van der Waals surface area contributed by atoms with Crippen molar-refractivity contribution in [2.75, 3.05) is 62.6 Å². The van der Waals surface area contributed by atoms with E-state index < -0.39 is 0 Å². The van der Waals surface area contributed by atoms with Gasteiger partial charge in [0.1, 0.15) is 0 Å². The van der Waals surface area contributed by atoms with Crippen LogP contribution >= 0.6 is 0 Å². The van der Waals surface area contributed by atoms with E-state index in [0.717, 1.165) is 25.2 Å². The summed E-state index contributed by atoms with van der Waals surface area (Å²) in [6.45, 7) is 5.34. The van der Waals surface area contributed by atoms with Gasteiger partial charge in [0.15, 0.2) is 0 Å². The second kappa shape index (κ2) is 11.9. The number of nitrogens with one attached hydrogen (secondary N) is 2. The van der Waals surface area contributed by atoms with Crippen LogP contribution in [0.5, 0.6) is 0 Å². The summed E-state index contributed by atoms with van der Waals surface area (Å²) in [5, 5.41) is 6.37. The summed E-state index contributed by atoms with van der Waals surface area (Å²) in [4.78, 5) is 49.1. The minimum absolute atomic E-state index is 0.0162. The largest absolute Gasteiger partial charge is 0.366 e. The van der Waals surface area contributed by atoms with E-state index in [2.05, 4.69) is 20.5 Å². The number of anilines is 2. The van der Waals surface area contributed by atoms with Crippen molar-refractivity contribution in [3.63, 3.8) is 0 Å². The average molecular weight is 513 g/mol. The topological polar surface area (TPSA) is 97.9 Å². The number of hydrogen-bond acceptors (Lipinski definition) is 6. The Kier molecular flexibility index (Phi) is 7.94. The molecule has 0 atom stereocenters. The van der Waals surface area contributed by atoms with Gasteiger partial charge in [-0.1, -0.05) is 18.2 Å². The summed E-state index contributed by atoms with van der Waals surface area (Å²) < 4.78 is 0. The predicted molar refractivity (Wildman–Crippen MR) is 147 cm³/mol. The third-order valence-corrected chi connectivity index (χ3v) is 6.99. The van der Waals surface area contributed by atoms with Crippen LogP contribution in [0.3, 0.4) is 0 Å². The Morgan fingerprint density at radius 1 is 0.711 bits per heavy atom. The van der Waals surface area contributed by atoms with Crippen molar-refractivity contribution in [1.29, 1.82) is 0 Å². The molecule has 5 rings (SSSR count). The summed E-state index contributed by atoms with van der Waals surface area (Å²) in [6, 6.07) is 18.0. The zero-order valence-corrected chi connectivity index (χ0v) is 21.3. The second-order valence-corrected chi connectivity index (χ2v) is 9.46. The summed E-state index contributed by atoms with van der Waals surface area (Å²) in [5.41, 5.74) is 3.13. The Hall–Kier alpha value is -4.24. The molecule has 0 radical (unpaired) electrons. The van der Waals surface area contributed by atoms with Crippen molar-refractivity contribution >= 4 is 29.1 Å². The Morgan fingerprint density at radius 3 is 2.18 bits per heavy atom. The van der Waals surface area contributed by atoms with Crippen molar-refractivity contribution in [2.45, 2.75) is 6.42 Å². The van der Waals surface area contributed by atoms with E-state index in [1.807, 2.05) is 40.1 Å². The molecule has 2 aliphatic rings. The Bertz CT molecular complexity index is 1270. The van der Waals surface area contributed by atoms with Gasteiger partial charge in [0.2, 0.25) is 0 Å². The molecule has 9 heteroatoms. The number of nitrogens with zero attached hydrogens (tertiary/aromatic N) is 4. The number of carbonyl (C=O) groups is 3. The maximum atomic E-state index is 13.3. The van der Waals surface area contributed by atoms with Crippen LogP contribution in [-0.4, -0.2) is 84.9 Å². The van der Waals surface area contributed by atoms with Gasteiger partial charge in [-0.25, -0.2) is 0 Å². The zero-order chi connectivity index (χ0) is 26.3. The first-order valence-electron chi connectivity index (χ1n) is 13.0. The highest BCUT2D eigenvalue weighted by molar-refractivity contribution is 6.07. The highest BCUT2D eigenvalue weighted by atomic mass is 16.2. The first kappa shape index (κ1) is 25.4. The molecule has 3 amide bonds. The molecule has 2 saturated heterocycles. The number of amides is 3. The number of benzene rings is 2. The van der Waals surface area contributed by atoms with Crippen LogP contribution in [0.25, 0.3) is 0 Å². The van der Waals surface area contributed by atoms with Crippen LogP contribution in [0.15, 0.2) is 73.1 Å². The molecule has 3 heterocycles. The third kappa shape index (κ3) is 5.84. The molecule has 0 aliphatic carbocycles. The molecule has 2 aromatic carbocycles. The van der Waals surface area contributed by atoms with E-state index in [9.17, 15) is 14.4 Å². The molecule has 2 fully saturated rings. The van der Waals surface area contributed by atoms with E-state index in [4.69, 9.17) is 0 Å². The molecule has 0 spiro atoms. The van der Waals surface area contributed by atoms with E-state index in [-0.39, 0.29) is 17.7 Å². The lowest BCUT2D eigenvalue weighted by molar-refractivity contribution is 0.0743. The quantitative estimate of drug-likeness (QED) is 0.546. The summed E-state index contributed by atoms with van der Waals surface area (Å²) in [5.74, 6) is -0.289. The van der Waals surface area contributed by atoms with Crippen molar-refractivity contribution < 1.29 is 14.4 Å². The average Bonchev–Trinajstić information content (AvgIpc) is 3.27. The maximum Gasteiger partial charge on any atom is 0.255 e. The SMILES string of the molecule is O=C(Nc1cc(C(=O)N2CCCNCC2)ccc1N1CCN(C(=O)c2ccncc2)CC1)c1ccccc1. The minimum atomic E-state index is -0.234. The maximum absolute atomic E-state index is 13.3. The van der Waals surface area contributed by atoms with Crippen LogP contribution in [0.1, 0.15) is 37.5 Å². The normalized spacial score (nSPS) is 16.1. The fourth-order valence-electron chi connectivity index (χ4n) is 4.89. The number of hydrogen-bond donors (Lipinski definition) is 2. The Labute approximate surface area is 222 Å². The lowest BCUT2D eigenvalue weighted by Gasteiger charge is -2.37.